The lowest BCUT2D eigenvalue weighted by Gasteiger charge is -2.34. The number of rotatable bonds is 7. The molecule has 150 valence electrons. The van der Waals surface area contributed by atoms with Gasteiger partial charge in [0.15, 0.2) is 6.61 Å². The minimum Gasteiger partial charge on any atom is -0.491 e. The number of halogens is 1. The van der Waals surface area contributed by atoms with Gasteiger partial charge >= 0.3 is 0 Å². The quantitative estimate of drug-likeness (QED) is 0.732. The van der Waals surface area contributed by atoms with Crippen LogP contribution in [0.1, 0.15) is 19.4 Å². The number of hydrogen-bond donors (Lipinski definition) is 0. The van der Waals surface area contributed by atoms with Crippen molar-refractivity contribution in [1.29, 1.82) is 0 Å². The number of benzene rings is 2. The smallest absolute Gasteiger partial charge is 0.260 e. The van der Waals surface area contributed by atoms with Crippen LogP contribution in [0.5, 0.6) is 11.5 Å². The van der Waals surface area contributed by atoms with E-state index in [0.717, 1.165) is 25.4 Å². The molecule has 1 heterocycles. The summed E-state index contributed by atoms with van der Waals surface area (Å²) in [6.07, 6.45) is 0.155. The highest BCUT2D eigenvalue weighted by molar-refractivity contribution is 5.77. The van der Waals surface area contributed by atoms with Gasteiger partial charge in [0, 0.05) is 32.7 Å². The van der Waals surface area contributed by atoms with Gasteiger partial charge < -0.3 is 14.4 Å². The minimum absolute atomic E-state index is 0.0276. The van der Waals surface area contributed by atoms with E-state index in [2.05, 4.69) is 17.0 Å². The molecule has 3 rings (SSSR count). The molecule has 0 aliphatic carbocycles. The van der Waals surface area contributed by atoms with Crippen molar-refractivity contribution in [2.24, 2.45) is 0 Å². The van der Waals surface area contributed by atoms with Crippen molar-refractivity contribution in [2.75, 3.05) is 32.8 Å². The number of nitrogens with zero attached hydrogens (tertiary/aromatic N) is 2. The Balaban J connectivity index is 1.43. The Morgan fingerprint density at radius 1 is 1.04 bits per heavy atom. The van der Waals surface area contributed by atoms with Crippen molar-refractivity contribution >= 4 is 5.91 Å². The fourth-order valence-corrected chi connectivity index (χ4v) is 3.17. The summed E-state index contributed by atoms with van der Waals surface area (Å²) in [5.41, 5.74) is 1.21. The van der Waals surface area contributed by atoms with Gasteiger partial charge in [0.05, 0.1) is 6.10 Å². The first-order valence-electron chi connectivity index (χ1n) is 9.64. The molecule has 1 aliphatic heterocycles. The van der Waals surface area contributed by atoms with Gasteiger partial charge in [-0.15, -0.1) is 0 Å². The number of carbonyl (C=O) groups excluding carboxylic acids is 1. The Morgan fingerprint density at radius 2 is 1.75 bits per heavy atom. The van der Waals surface area contributed by atoms with Crippen molar-refractivity contribution in [3.8, 4) is 11.5 Å². The zero-order valence-corrected chi connectivity index (χ0v) is 16.4. The van der Waals surface area contributed by atoms with Gasteiger partial charge in [0.25, 0.3) is 5.91 Å². The summed E-state index contributed by atoms with van der Waals surface area (Å²) in [5.74, 6) is 1.02. The maximum atomic E-state index is 12.9. The molecule has 2 aromatic carbocycles. The Morgan fingerprint density at radius 3 is 2.43 bits per heavy atom. The number of piperazine rings is 1. The minimum atomic E-state index is -0.323. The molecule has 0 spiro atoms. The second kappa shape index (κ2) is 9.55. The van der Waals surface area contributed by atoms with Crippen LogP contribution < -0.4 is 9.47 Å². The molecule has 0 atom stereocenters. The van der Waals surface area contributed by atoms with Crippen LogP contribution in [0.25, 0.3) is 0 Å². The summed E-state index contributed by atoms with van der Waals surface area (Å²) in [7, 11) is 0. The fourth-order valence-electron chi connectivity index (χ4n) is 3.17. The van der Waals surface area contributed by atoms with Gasteiger partial charge in [0.2, 0.25) is 0 Å². The zero-order valence-electron chi connectivity index (χ0n) is 16.4. The van der Waals surface area contributed by atoms with Crippen LogP contribution in [0.3, 0.4) is 0 Å². The van der Waals surface area contributed by atoms with Gasteiger partial charge in [-0.1, -0.05) is 12.1 Å². The van der Waals surface area contributed by atoms with Crippen LogP contribution in [-0.4, -0.2) is 54.6 Å². The maximum Gasteiger partial charge on any atom is 0.260 e. The highest BCUT2D eigenvalue weighted by Crippen LogP contribution is 2.17. The Bertz CT molecular complexity index is 772. The molecular weight excluding hydrogens is 359 g/mol. The highest BCUT2D eigenvalue weighted by atomic mass is 19.1. The highest BCUT2D eigenvalue weighted by Gasteiger charge is 2.21. The SMILES string of the molecule is CC(C)Oc1cccc(CN2CCN(C(=O)COc3ccc(F)cc3)CC2)c1. The van der Waals surface area contributed by atoms with Crippen LogP contribution in [-0.2, 0) is 11.3 Å². The molecule has 28 heavy (non-hydrogen) atoms. The molecule has 0 radical (unpaired) electrons. The lowest BCUT2D eigenvalue weighted by Crippen LogP contribution is -2.49. The molecule has 0 unspecified atom stereocenters. The largest absolute Gasteiger partial charge is 0.491 e. The van der Waals surface area contributed by atoms with E-state index >= 15 is 0 Å². The molecule has 1 aliphatic rings. The van der Waals surface area contributed by atoms with Gasteiger partial charge in [-0.2, -0.15) is 0 Å². The van der Waals surface area contributed by atoms with E-state index in [0.29, 0.717) is 18.8 Å². The van der Waals surface area contributed by atoms with Gasteiger partial charge in [0.1, 0.15) is 17.3 Å². The van der Waals surface area contributed by atoms with E-state index in [1.165, 1.54) is 29.8 Å². The van der Waals surface area contributed by atoms with Crippen molar-refractivity contribution < 1.29 is 18.7 Å². The Labute approximate surface area is 165 Å². The van der Waals surface area contributed by atoms with Crippen LogP contribution in [0.4, 0.5) is 4.39 Å². The van der Waals surface area contributed by atoms with E-state index in [1.54, 1.807) is 0 Å². The van der Waals surface area contributed by atoms with E-state index < -0.39 is 0 Å². The van der Waals surface area contributed by atoms with E-state index in [-0.39, 0.29) is 24.4 Å². The number of amides is 1. The first-order chi connectivity index (χ1) is 13.5. The van der Waals surface area contributed by atoms with E-state index in [1.807, 2.05) is 30.9 Å². The third-order valence-corrected chi connectivity index (χ3v) is 4.58. The molecule has 1 amide bonds. The molecule has 0 saturated carbocycles. The first-order valence-corrected chi connectivity index (χ1v) is 9.64. The van der Waals surface area contributed by atoms with Crippen molar-refractivity contribution in [3.05, 3.63) is 59.9 Å². The fraction of sp³-hybridized carbons (Fsp3) is 0.409. The zero-order chi connectivity index (χ0) is 19.9. The standard InChI is InChI=1S/C22H27FN2O3/c1-17(2)28-21-5-3-4-18(14-21)15-24-10-12-25(13-11-24)22(26)16-27-20-8-6-19(23)7-9-20/h3-9,14,17H,10-13,15-16H2,1-2H3. The van der Waals surface area contributed by atoms with Crippen LogP contribution in [0.15, 0.2) is 48.5 Å². The summed E-state index contributed by atoms with van der Waals surface area (Å²) in [5, 5.41) is 0. The second-order valence-electron chi connectivity index (χ2n) is 7.21. The molecular formula is C22H27FN2O3. The maximum absolute atomic E-state index is 12.9. The third kappa shape index (κ3) is 5.96. The molecule has 0 bridgehead atoms. The normalized spacial score (nSPS) is 14.9. The summed E-state index contributed by atoms with van der Waals surface area (Å²) in [6, 6.07) is 13.9. The van der Waals surface area contributed by atoms with Crippen molar-refractivity contribution in [2.45, 2.75) is 26.5 Å². The number of ether oxygens (including phenoxy) is 2. The van der Waals surface area contributed by atoms with Crippen LogP contribution in [0, 0.1) is 5.82 Å². The number of carbonyl (C=O) groups is 1. The average molecular weight is 386 g/mol. The molecule has 0 aromatic heterocycles. The molecule has 1 fully saturated rings. The summed E-state index contributed by atoms with van der Waals surface area (Å²) in [4.78, 5) is 16.5. The van der Waals surface area contributed by atoms with Crippen molar-refractivity contribution in [1.82, 2.24) is 9.80 Å². The van der Waals surface area contributed by atoms with Gasteiger partial charge in [-0.05, 0) is 55.8 Å². The van der Waals surface area contributed by atoms with Gasteiger partial charge in [-0.25, -0.2) is 4.39 Å². The van der Waals surface area contributed by atoms with Crippen LogP contribution >= 0.6 is 0 Å². The predicted molar refractivity (Wildman–Crippen MR) is 106 cm³/mol. The lowest BCUT2D eigenvalue weighted by atomic mass is 10.2. The monoisotopic (exact) mass is 386 g/mol. The third-order valence-electron chi connectivity index (χ3n) is 4.58. The molecule has 6 heteroatoms. The van der Waals surface area contributed by atoms with Crippen LogP contribution in [0.2, 0.25) is 0 Å². The Hall–Kier alpha value is -2.60. The lowest BCUT2D eigenvalue weighted by molar-refractivity contribution is -0.135. The van der Waals surface area contributed by atoms with E-state index in [9.17, 15) is 9.18 Å². The van der Waals surface area contributed by atoms with Crippen molar-refractivity contribution in [3.63, 3.8) is 0 Å². The number of hydrogen-bond acceptors (Lipinski definition) is 4. The molecule has 1 saturated heterocycles. The molecule has 0 N–H and O–H groups in total. The average Bonchev–Trinajstić information content (AvgIpc) is 2.68. The summed E-state index contributed by atoms with van der Waals surface area (Å²) >= 11 is 0. The topological polar surface area (TPSA) is 42.0 Å². The predicted octanol–water partition coefficient (Wildman–Crippen LogP) is 3.34. The summed E-state index contributed by atoms with van der Waals surface area (Å²) in [6.45, 7) is 7.83. The van der Waals surface area contributed by atoms with E-state index in [4.69, 9.17) is 9.47 Å². The first kappa shape index (κ1) is 20.1. The Kier molecular flexibility index (Phi) is 6.87. The summed E-state index contributed by atoms with van der Waals surface area (Å²) < 4.78 is 24.1. The molecule has 2 aromatic rings. The second-order valence-corrected chi connectivity index (χ2v) is 7.21. The van der Waals surface area contributed by atoms with Gasteiger partial charge in [-0.3, -0.25) is 9.69 Å². The molecule has 5 nitrogen and oxygen atoms in total.